The molecule has 0 aliphatic carbocycles. The second-order valence-electron chi connectivity index (χ2n) is 6.14. The van der Waals surface area contributed by atoms with Crippen LogP contribution in [0.25, 0.3) is 0 Å². The number of hydrogen-bond acceptors (Lipinski definition) is 8. The molecule has 0 radical (unpaired) electrons. The first-order chi connectivity index (χ1) is 14.4. The molecule has 0 saturated carbocycles. The number of benzene rings is 2. The predicted molar refractivity (Wildman–Crippen MR) is 104 cm³/mol. The van der Waals surface area contributed by atoms with Crippen molar-refractivity contribution in [3.05, 3.63) is 65.4 Å². The van der Waals surface area contributed by atoms with Crippen molar-refractivity contribution in [1.29, 1.82) is 0 Å². The molecule has 1 aliphatic heterocycles. The Hall–Kier alpha value is -3.85. The number of nitrogens with zero attached hydrogens (tertiary/aromatic N) is 1. The molecule has 1 heterocycles. The van der Waals surface area contributed by atoms with Crippen LogP contribution >= 0.6 is 0 Å². The van der Waals surface area contributed by atoms with Crippen LogP contribution in [-0.2, 0) is 23.8 Å². The van der Waals surface area contributed by atoms with E-state index in [1.165, 1.54) is 31.3 Å². The predicted octanol–water partition coefficient (Wildman–Crippen LogP) is 2.57. The zero-order valence-electron chi connectivity index (χ0n) is 16.3. The summed E-state index contributed by atoms with van der Waals surface area (Å²) < 4.78 is 20.7. The van der Waals surface area contributed by atoms with Crippen molar-refractivity contribution in [1.82, 2.24) is 0 Å². The molecule has 3 rings (SSSR count). The van der Waals surface area contributed by atoms with Gasteiger partial charge in [-0.1, -0.05) is 0 Å². The summed E-state index contributed by atoms with van der Waals surface area (Å²) in [7, 11) is 2.45. The van der Waals surface area contributed by atoms with Gasteiger partial charge in [-0.05, 0) is 48.5 Å². The van der Waals surface area contributed by atoms with E-state index < -0.39 is 17.9 Å². The van der Waals surface area contributed by atoms with Gasteiger partial charge in [-0.25, -0.2) is 14.4 Å². The number of carbonyl (C=O) groups is 3. The molecule has 0 spiro atoms. The molecule has 0 bridgehead atoms. The van der Waals surface area contributed by atoms with Crippen LogP contribution in [0, 0.1) is 0 Å². The second-order valence-corrected chi connectivity index (χ2v) is 6.14. The monoisotopic (exact) mass is 413 g/mol. The van der Waals surface area contributed by atoms with Gasteiger partial charge in [-0.15, -0.1) is 0 Å². The minimum absolute atomic E-state index is 0.0434. The molecule has 0 aromatic heterocycles. The maximum absolute atomic E-state index is 12.3. The summed E-state index contributed by atoms with van der Waals surface area (Å²) in [6.07, 6.45) is 0. The number of aromatic carboxylic acids is 1. The van der Waals surface area contributed by atoms with E-state index in [-0.39, 0.29) is 30.2 Å². The molecule has 2 aromatic rings. The molecule has 9 nitrogen and oxygen atoms in total. The Labute approximate surface area is 172 Å². The number of rotatable bonds is 6. The van der Waals surface area contributed by atoms with E-state index in [9.17, 15) is 14.4 Å². The van der Waals surface area contributed by atoms with Gasteiger partial charge in [0.2, 0.25) is 0 Å². The third-order valence-corrected chi connectivity index (χ3v) is 4.32. The van der Waals surface area contributed by atoms with Gasteiger partial charge >= 0.3 is 17.9 Å². The Balaban J connectivity index is 1.84. The Morgan fingerprint density at radius 3 is 2.00 bits per heavy atom. The number of methoxy groups -OCH3 is 2. The summed E-state index contributed by atoms with van der Waals surface area (Å²) in [5.74, 6) is -1.41. The number of hydrogen-bond donors (Lipinski definition) is 1. The topological polar surface area (TPSA) is 112 Å². The van der Waals surface area contributed by atoms with Gasteiger partial charge in [0.1, 0.15) is 23.9 Å². The Morgan fingerprint density at radius 1 is 0.900 bits per heavy atom. The molecule has 0 atom stereocenters. The summed E-state index contributed by atoms with van der Waals surface area (Å²) >= 11 is 0. The molecule has 156 valence electrons. The number of carbonyl (C=O) groups excluding carboxylic acids is 2. The van der Waals surface area contributed by atoms with Crippen molar-refractivity contribution >= 4 is 23.6 Å². The highest BCUT2D eigenvalue weighted by Gasteiger charge is 2.32. The fraction of sp³-hybridized carbons (Fsp3) is 0.190. The largest absolute Gasteiger partial charge is 0.478 e. The van der Waals surface area contributed by atoms with Gasteiger partial charge in [-0.3, -0.25) is 0 Å². The molecule has 1 N–H and O–H groups in total. The zero-order valence-corrected chi connectivity index (χ0v) is 16.3. The van der Waals surface area contributed by atoms with E-state index in [1.54, 1.807) is 36.4 Å². The van der Waals surface area contributed by atoms with Crippen molar-refractivity contribution < 1.29 is 38.4 Å². The number of carboxylic acid groups (broad SMARTS) is 1. The number of esters is 2. The lowest BCUT2D eigenvalue weighted by atomic mass is 10.1. The van der Waals surface area contributed by atoms with Crippen molar-refractivity contribution in [2.45, 2.75) is 0 Å². The highest BCUT2D eigenvalue weighted by atomic mass is 16.5. The molecule has 0 saturated heterocycles. The van der Waals surface area contributed by atoms with Crippen LogP contribution in [0.5, 0.6) is 11.5 Å². The minimum Gasteiger partial charge on any atom is -0.478 e. The molecular formula is C21H19NO8. The summed E-state index contributed by atoms with van der Waals surface area (Å²) in [4.78, 5) is 36.8. The first-order valence-electron chi connectivity index (χ1n) is 8.81. The number of carboxylic acids is 1. The van der Waals surface area contributed by atoms with Crippen LogP contribution in [0.15, 0.2) is 59.8 Å². The van der Waals surface area contributed by atoms with E-state index in [4.69, 9.17) is 24.1 Å². The smallest absolute Gasteiger partial charge is 0.355 e. The quantitative estimate of drug-likeness (QED) is 0.714. The fourth-order valence-electron chi connectivity index (χ4n) is 2.84. The average Bonchev–Trinajstić information content (AvgIpc) is 2.78. The van der Waals surface area contributed by atoms with Crippen molar-refractivity contribution in [2.75, 3.05) is 32.5 Å². The van der Waals surface area contributed by atoms with E-state index in [0.717, 1.165) is 0 Å². The van der Waals surface area contributed by atoms with E-state index in [1.807, 2.05) is 0 Å². The molecule has 2 aromatic carbocycles. The van der Waals surface area contributed by atoms with Crippen LogP contribution in [0.2, 0.25) is 0 Å². The van der Waals surface area contributed by atoms with E-state index >= 15 is 0 Å². The number of ether oxygens (including phenoxy) is 4. The molecule has 0 unspecified atom stereocenters. The highest BCUT2D eigenvalue weighted by molar-refractivity contribution is 6.03. The van der Waals surface area contributed by atoms with Gasteiger partial charge in [0, 0.05) is 5.69 Å². The maximum Gasteiger partial charge on any atom is 0.355 e. The Bertz CT molecular complexity index is 979. The molecular weight excluding hydrogens is 394 g/mol. The third kappa shape index (κ3) is 4.41. The van der Waals surface area contributed by atoms with E-state index in [2.05, 4.69) is 0 Å². The highest BCUT2D eigenvalue weighted by Crippen LogP contribution is 2.29. The molecule has 0 amide bonds. The van der Waals surface area contributed by atoms with E-state index in [0.29, 0.717) is 17.2 Å². The first kappa shape index (κ1) is 20.9. The van der Waals surface area contributed by atoms with Gasteiger partial charge in [-0.2, -0.15) is 0 Å². The second kappa shape index (κ2) is 9.10. The number of anilines is 1. The summed E-state index contributed by atoms with van der Waals surface area (Å²) in [5.41, 5.74) is 0.847. The van der Waals surface area contributed by atoms with Gasteiger partial charge < -0.3 is 29.0 Å². The van der Waals surface area contributed by atoms with Crippen LogP contribution in [-0.4, -0.2) is 50.6 Å². The Kier molecular flexibility index (Phi) is 6.33. The standard InChI is InChI=1S/C21H19NO8/c1-27-20(25)17-11-29-12-22(18(17)21(26)28-2)14-5-9-16(10-6-14)30-15-7-3-13(4-8-15)19(23)24/h3-10H,11-12H2,1-2H3,(H,23,24). The van der Waals surface area contributed by atoms with Gasteiger partial charge in [0.25, 0.3) is 0 Å². The van der Waals surface area contributed by atoms with Crippen molar-refractivity contribution in [3.8, 4) is 11.5 Å². The summed E-state index contributed by atoms with van der Waals surface area (Å²) in [5, 5.41) is 8.95. The lowest BCUT2D eigenvalue weighted by Gasteiger charge is -2.31. The fourth-order valence-corrected chi connectivity index (χ4v) is 2.84. The zero-order chi connectivity index (χ0) is 21.7. The maximum atomic E-state index is 12.3. The molecule has 30 heavy (non-hydrogen) atoms. The van der Waals surface area contributed by atoms with Gasteiger partial charge in [0.05, 0.1) is 32.0 Å². The SMILES string of the molecule is COC(=O)C1=C(C(=O)OC)N(c2ccc(Oc3ccc(C(=O)O)cc3)cc2)COC1. The van der Waals surface area contributed by atoms with Crippen LogP contribution in [0.4, 0.5) is 5.69 Å². The lowest BCUT2D eigenvalue weighted by molar-refractivity contribution is -0.140. The van der Waals surface area contributed by atoms with Gasteiger partial charge in [0.15, 0.2) is 0 Å². The minimum atomic E-state index is -1.02. The van der Waals surface area contributed by atoms with Crippen molar-refractivity contribution in [3.63, 3.8) is 0 Å². The first-order valence-corrected chi connectivity index (χ1v) is 8.81. The Morgan fingerprint density at radius 2 is 1.47 bits per heavy atom. The summed E-state index contributed by atoms with van der Waals surface area (Å²) in [6.45, 7) is -0.0249. The lowest BCUT2D eigenvalue weighted by Crippen LogP contribution is -2.38. The van der Waals surface area contributed by atoms with Crippen LogP contribution in [0.3, 0.4) is 0 Å². The van der Waals surface area contributed by atoms with Crippen molar-refractivity contribution in [2.24, 2.45) is 0 Å². The van der Waals surface area contributed by atoms with Crippen LogP contribution < -0.4 is 9.64 Å². The average molecular weight is 413 g/mol. The van der Waals surface area contributed by atoms with Crippen LogP contribution in [0.1, 0.15) is 10.4 Å². The molecule has 9 heteroatoms. The molecule has 1 aliphatic rings. The third-order valence-electron chi connectivity index (χ3n) is 4.32. The molecule has 0 fully saturated rings. The normalized spacial score (nSPS) is 13.6. The summed E-state index contributed by atoms with van der Waals surface area (Å²) in [6, 6.07) is 12.7.